The number of carboxylic acid groups (broad SMARTS) is 1. The summed E-state index contributed by atoms with van der Waals surface area (Å²) in [6.07, 6.45) is 5.04. The third kappa shape index (κ3) is 5.44. The smallest absolute Gasteiger partial charge is 0.449 e. The van der Waals surface area contributed by atoms with E-state index in [1.165, 1.54) is 10.8 Å². The van der Waals surface area contributed by atoms with E-state index in [4.69, 9.17) is 16.6 Å². The monoisotopic (exact) mass is 543 g/mol. The predicted molar refractivity (Wildman–Crippen MR) is 141 cm³/mol. The number of hydrogen-bond acceptors (Lipinski definition) is 9. The number of ether oxygens (including phenoxy) is 1. The van der Waals surface area contributed by atoms with Crippen LogP contribution in [0.25, 0.3) is 10.9 Å². The fourth-order valence-corrected chi connectivity index (χ4v) is 6.16. The number of anilines is 1. The molecule has 36 heavy (non-hydrogen) atoms. The summed E-state index contributed by atoms with van der Waals surface area (Å²) in [4.78, 5) is 25.0. The largest absolute Gasteiger partial charge is 0.511 e. The van der Waals surface area contributed by atoms with Crippen molar-refractivity contribution < 1.29 is 23.4 Å². The molecule has 4 atom stereocenters. The standard InChI is InChI=1S/C18H19F2N3O4S.C5H12N2S/c1-28-13-7-22(5-11(13)21)16-10(19)4-9-15(14(16)20)23(8-2-3-8)6-12(17(9)24)27-18(25)26;1-8-5-3-7-2-4(5)6/h4,6,8,11,13H,2-3,5,7,21H2,1H3,(H,25,26);4-5,7H,2-3,6H2,1H3/t11-,13-;4-,5-/m00/s1. The van der Waals surface area contributed by atoms with Gasteiger partial charge in [0.25, 0.3) is 0 Å². The van der Waals surface area contributed by atoms with E-state index in [-0.39, 0.29) is 33.9 Å². The molecular weight excluding hydrogens is 512 g/mol. The molecule has 0 bridgehead atoms. The van der Waals surface area contributed by atoms with Crippen LogP contribution < -0.4 is 31.8 Å². The highest BCUT2D eigenvalue weighted by Gasteiger charge is 2.35. The fraction of sp³-hybridized carbons (Fsp3) is 0.565. The van der Waals surface area contributed by atoms with Gasteiger partial charge in [-0.25, -0.2) is 13.6 Å². The number of pyridine rings is 1. The van der Waals surface area contributed by atoms with Crippen molar-refractivity contribution in [3.63, 3.8) is 0 Å². The first-order valence-electron chi connectivity index (χ1n) is 11.7. The Bertz CT molecular complexity index is 1200. The first kappa shape index (κ1) is 27.0. The van der Waals surface area contributed by atoms with Crippen molar-refractivity contribution in [1.82, 2.24) is 9.88 Å². The number of nitrogens with zero attached hydrogens (tertiary/aromatic N) is 2. The van der Waals surface area contributed by atoms with E-state index in [0.29, 0.717) is 24.4 Å². The van der Waals surface area contributed by atoms with E-state index in [1.807, 2.05) is 18.0 Å². The van der Waals surface area contributed by atoms with Gasteiger partial charge in [-0.05, 0) is 31.4 Å². The van der Waals surface area contributed by atoms with Gasteiger partial charge in [-0.2, -0.15) is 23.5 Å². The summed E-state index contributed by atoms with van der Waals surface area (Å²) < 4.78 is 36.4. The van der Waals surface area contributed by atoms with Gasteiger partial charge in [0.15, 0.2) is 11.6 Å². The van der Waals surface area contributed by atoms with Crippen LogP contribution in [0.4, 0.5) is 19.3 Å². The number of thioether (sulfide) groups is 2. The summed E-state index contributed by atoms with van der Waals surface area (Å²) in [5.74, 6) is -2.19. The average molecular weight is 544 g/mol. The molecule has 9 nitrogen and oxygen atoms in total. The first-order chi connectivity index (χ1) is 17.2. The topological polar surface area (TPSA) is 136 Å². The molecule has 1 aromatic heterocycles. The summed E-state index contributed by atoms with van der Waals surface area (Å²) in [5.41, 5.74) is 10.7. The second kappa shape index (κ2) is 11.1. The van der Waals surface area contributed by atoms with Gasteiger partial charge in [0.1, 0.15) is 11.5 Å². The molecule has 1 aliphatic carbocycles. The maximum absolute atomic E-state index is 15.5. The van der Waals surface area contributed by atoms with Gasteiger partial charge in [-0.1, -0.05) is 0 Å². The maximum Gasteiger partial charge on any atom is 0.511 e. The van der Waals surface area contributed by atoms with E-state index in [0.717, 1.165) is 32.0 Å². The number of fused-ring (bicyclic) bond motifs is 1. The van der Waals surface area contributed by atoms with Crippen LogP contribution in [0.1, 0.15) is 18.9 Å². The quantitative estimate of drug-likeness (QED) is 0.416. The molecule has 3 fully saturated rings. The van der Waals surface area contributed by atoms with E-state index in [9.17, 15) is 14.0 Å². The van der Waals surface area contributed by atoms with Crippen LogP contribution in [0.5, 0.6) is 5.75 Å². The van der Waals surface area contributed by atoms with Gasteiger partial charge in [-0.3, -0.25) is 4.79 Å². The first-order valence-corrected chi connectivity index (χ1v) is 14.2. The second-order valence-electron chi connectivity index (χ2n) is 9.19. The summed E-state index contributed by atoms with van der Waals surface area (Å²) in [5, 5.41) is 12.5. The Kier molecular flexibility index (Phi) is 8.35. The molecule has 2 saturated heterocycles. The summed E-state index contributed by atoms with van der Waals surface area (Å²) in [7, 11) is 0. The van der Waals surface area contributed by atoms with Crippen LogP contribution in [0.2, 0.25) is 0 Å². The van der Waals surface area contributed by atoms with Crippen molar-refractivity contribution in [2.45, 2.75) is 41.5 Å². The molecule has 3 aliphatic rings. The number of aromatic nitrogens is 1. The average Bonchev–Trinajstić information content (AvgIpc) is 3.49. The van der Waals surface area contributed by atoms with Gasteiger partial charge in [0.2, 0.25) is 5.43 Å². The van der Waals surface area contributed by atoms with Crippen LogP contribution >= 0.6 is 23.5 Å². The van der Waals surface area contributed by atoms with E-state index in [1.54, 1.807) is 16.7 Å². The molecule has 1 aromatic carbocycles. The third-order valence-corrected chi connectivity index (χ3v) is 8.95. The number of nitrogens with one attached hydrogen (secondary N) is 1. The minimum atomic E-state index is -1.66. The number of benzene rings is 1. The predicted octanol–water partition coefficient (Wildman–Crippen LogP) is 2.20. The van der Waals surface area contributed by atoms with Crippen molar-refractivity contribution in [1.29, 1.82) is 0 Å². The van der Waals surface area contributed by atoms with Crippen molar-refractivity contribution >= 4 is 46.3 Å². The molecule has 2 aliphatic heterocycles. The molecule has 2 aromatic rings. The minimum Gasteiger partial charge on any atom is -0.449 e. The van der Waals surface area contributed by atoms with Crippen LogP contribution in [0.15, 0.2) is 17.1 Å². The zero-order valence-electron chi connectivity index (χ0n) is 20.1. The molecule has 0 unspecified atom stereocenters. The van der Waals surface area contributed by atoms with Crippen LogP contribution in [0.3, 0.4) is 0 Å². The van der Waals surface area contributed by atoms with E-state index in [2.05, 4.69) is 16.3 Å². The lowest BCUT2D eigenvalue weighted by molar-refractivity contribution is 0.143. The highest BCUT2D eigenvalue weighted by molar-refractivity contribution is 7.99. The lowest BCUT2D eigenvalue weighted by Crippen LogP contribution is -2.31. The molecule has 13 heteroatoms. The number of carbonyl (C=O) groups is 1. The third-order valence-electron chi connectivity index (χ3n) is 6.72. The number of rotatable bonds is 5. The summed E-state index contributed by atoms with van der Waals surface area (Å²) in [6.45, 7) is 2.78. The van der Waals surface area contributed by atoms with Crippen molar-refractivity contribution in [3.8, 4) is 5.75 Å². The SMILES string of the molecule is CS[C@H]1CN(c2c(F)cc3c(=O)c(OC(=O)O)cn(C4CC4)c3c2F)C[C@@H]1N.CS[C@H]1CNC[C@@H]1N. The summed E-state index contributed by atoms with van der Waals surface area (Å²) in [6, 6.07) is 1.03. The molecule has 3 heterocycles. The van der Waals surface area contributed by atoms with Gasteiger partial charge in [0, 0.05) is 54.8 Å². The fourth-order valence-electron chi connectivity index (χ4n) is 4.67. The minimum absolute atomic E-state index is 0.0391. The molecule has 0 radical (unpaired) electrons. The molecule has 6 N–H and O–H groups in total. The molecule has 0 spiro atoms. The van der Waals surface area contributed by atoms with Crippen LogP contribution in [-0.4, -0.2) is 77.1 Å². The molecule has 0 amide bonds. The Labute approximate surface area is 215 Å². The normalized spacial score (nSPS) is 25.7. The van der Waals surface area contributed by atoms with Gasteiger partial charge >= 0.3 is 6.16 Å². The van der Waals surface area contributed by atoms with E-state index < -0.39 is 29.0 Å². The van der Waals surface area contributed by atoms with Gasteiger partial charge < -0.3 is 36.1 Å². The number of nitrogens with two attached hydrogens (primary N) is 2. The maximum atomic E-state index is 15.5. The second-order valence-corrected chi connectivity index (χ2v) is 11.3. The Morgan fingerprint density at radius 2 is 1.83 bits per heavy atom. The Morgan fingerprint density at radius 3 is 2.33 bits per heavy atom. The highest BCUT2D eigenvalue weighted by atomic mass is 32.2. The Balaban J connectivity index is 0.000000325. The lowest BCUT2D eigenvalue weighted by Gasteiger charge is -2.22. The number of hydrogen-bond donors (Lipinski definition) is 4. The zero-order valence-corrected chi connectivity index (χ0v) is 21.7. The molecule has 5 rings (SSSR count). The van der Waals surface area contributed by atoms with Crippen molar-refractivity contribution in [3.05, 3.63) is 34.1 Å². The molecule has 198 valence electrons. The van der Waals surface area contributed by atoms with Gasteiger partial charge in [0.05, 0.1) is 17.1 Å². The Morgan fingerprint density at radius 1 is 1.14 bits per heavy atom. The van der Waals surface area contributed by atoms with Crippen LogP contribution in [0, 0.1) is 11.6 Å². The summed E-state index contributed by atoms with van der Waals surface area (Å²) >= 11 is 3.40. The molecule has 1 saturated carbocycles. The highest BCUT2D eigenvalue weighted by Crippen LogP contribution is 2.41. The lowest BCUT2D eigenvalue weighted by atomic mass is 10.1. The van der Waals surface area contributed by atoms with E-state index >= 15 is 4.39 Å². The Hall–Kier alpha value is -2.06. The molecular formula is C23H31F2N5O4S2. The van der Waals surface area contributed by atoms with Crippen molar-refractivity contribution in [2.75, 3.05) is 43.6 Å². The van der Waals surface area contributed by atoms with Crippen LogP contribution in [-0.2, 0) is 0 Å². The van der Waals surface area contributed by atoms with Gasteiger partial charge in [-0.15, -0.1) is 0 Å². The van der Waals surface area contributed by atoms with Crippen molar-refractivity contribution in [2.24, 2.45) is 11.5 Å². The number of halogens is 2. The zero-order chi connectivity index (χ0) is 26.1.